The lowest BCUT2D eigenvalue weighted by molar-refractivity contribution is -0.528. The van der Waals surface area contributed by atoms with Crippen LogP contribution in [0.1, 0.15) is 25.7 Å². The third-order valence-corrected chi connectivity index (χ3v) is 3.52. The predicted octanol–water partition coefficient (Wildman–Crippen LogP) is 2.47. The van der Waals surface area contributed by atoms with Gasteiger partial charge in [-0.05, 0) is 25.0 Å². The van der Waals surface area contributed by atoms with Crippen LogP contribution in [0.4, 0.5) is 0 Å². The SMILES string of the molecule is O=C(COc1ccccc1)C[C@@H]1CCC[C@@H]1[N+](=O)[O-]. The Labute approximate surface area is 111 Å². The number of carbonyl (C=O) groups excluding carboxylic acids is 1. The average molecular weight is 263 g/mol. The van der Waals surface area contributed by atoms with Crippen molar-refractivity contribution < 1.29 is 14.5 Å². The molecule has 5 nitrogen and oxygen atoms in total. The van der Waals surface area contributed by atoms with Gasteiger partial charge in [-0.1, -0.05) is 18.2 Å². The van der Waals surface area contributed by atoms with E-state index in [2.05, 4.69) is 0 Å². The van der Waals surface area contributed by atoms with E-state index in [4.69, 9.17) is 4.74 Å². The summed E-state index contributed by atoms with van der Waals surface area (Å²) in [6.07, 6.45) is 2.44. The van der Waals surface area contributed by atoms with Crippen LogP contribution in [-0.2, 0) is 4.79 Å². The smallest absolute Gasteiger partial charge is 0.216 e. The van der Waals surface area contributed by atoms with Gasteiger partial charge in [-0.3, -0.25) is 14.9 Å². The molecule has 0 unspecified atom stereocenters. The highest BCUT2D eigenvalue weighted by Gasteiger charge is 2.37. The maximum absolute atomic E-state index is 11.8. The second-order valence-corrected chi connectivity index (χ2v) is 4.89. The number of benzene rings is 1. The Balaban J connectivity index is 1.80. The molecular weight excluding hydrogens is 246 g/mol. The van der Waals surface area contributed by atoms with Crippen LogP contribution in [0.5, 0.6) is 5.75 Å². The second kappa shape index (κ2) is 6.31. The zero-order chi connectivity index (χ0) is 13.7. The van der Waals surface area contributed by atoms with Gasteiger partial charge in [-0.25, -0.2) is 0 Å². The number of hydrogen-bond acceptors (Lipinski definition) is 4. The Morgan fingerprint density at radius 1 is 1.32 bits per heavy atom. The van der Waals surface area contributed by atoms with E-state index in [9.17, 15) is 14.9 Å². The molecule has 1 aromatic rings. The van der Waals surface area contributed by atoms with E-state index in [1.165, 1.54) is 0 Å². The molecule has 5 heteroatoms. The van der Waals surface area contributed by atoms with Crippen LogP contribution in [0.2, 0.25) is 0 Å². The fraction of sp³-hybridized carbons (Fsp3) is 0.500. The quantitative estimate of drug-likeness (QED) is 0.584. The van der Waals surface area contributed by atoms with Crippen LogP contribution in [0.25, 0.3) is 0 Å². The lowest BCUT2D eigenvalue weighted by Gasteiger charge is -2.12. The van der Waals surface area contributed by atoms with Crippen molar-refractivity contribution in [1.82, 2.24) is 0 Å². The molecule has 102 valence electrons. The maximum atomic E-state index is 11.8. The first-order valence-electron chi connectivity index (χ1n) is 6.50. The molecule has 1 aliphatic carbocycles. The minimum absolute atomic E-state index is 0.00898. The number of rotatable bonds is 6. The van der Waals surface area contributed by atoms with Crippen molar-refractivity contribution in [2.24, 2.45) is 5.92 Å². The third kappa shape index (κ3) is 3.77. The summed E-state index contributed by atoms with van der Waals surface area (Å²) in [5.41, 5.74) is 0. The van der Waals surface area contributed by atoms with Gasteiger partial charge < -0.3 is 4.74 Å². The minimum Gasteiger partial charge on any atom is -0.486 e. The number of ketones is 1. The standard InChI is InChI=1S/C14H17NO4/c16-12(10-19-13-6-2-1-3-7-13)9-11-5-4-8-14(11)15(17)18/h1-3,6-7,11,14H,4-5,8-10H2/t11-,14-/m0/s1. The molecule has 0 radical (unpaired) electrons. The van der Waals surface area contributed by atoms with Gasteiger partial charge in [-0.15, -0.1) is 0 Å². The summed E-state index contributed by atoms with van der Waals surface area (Å²) in [4.78, 5) is 22.4. The van der Waals surface area contributed by atoms with Crippen LogP contribution < -0.4 is 4.74 Å². The number of nitro groups is 1. The fourth-order valence-corrected chi connectivity index (χ4v) is 2.56. The summed E-state index contributed by atoms with van der Waals surface area (Å²) in [5, 5.41) is 10.8. The molecule has 2 rings (SSSR count). The Bertz CT molecular complexity index is 446. The van der Waals surface area contributed by atoms with Crippen LogP contribution in [0.15, 0.2) is 30.3 Å². The van der Waals surface area contributed by atoms with Gasteiger partial charge in [0, 0.05) is 23.7 Å². The summed E-state index contributed by atoms with van der Waals surface area (Å²) < 4.78 is 5.35. The van der Waals surface area contributed by atoms with Crippen LogP contribution in [-0.4, -0.2) is 23.4 Å². The highest BCUT2D eigenvalue weighted by atomic mass is 16.6. The Morgan fingerprint density at radius 2 is 2.05 bits per heavy atom. The fourth-order valence-electron chi connectivity index (χ4n) is 2.56. The van der Waals surface area contributed by atoms with E-state index in [-0.39, 0.29) is 29.7 Å². The zero-order valence-corrected chi connectivity index (χ0v) is 10.7. The lowest BCUT2D eigenvalue weighted by Crippen LogP contribution is -2.27. The average Bonchev–Trinajstić information content (AvgIpc) is 2.86. The van der Waals surface area contributed by atoms with Crippen molar-refractivity contribution in [3.63, 3.8) is 0 Å². The second-order valence-electron chi connectivity index (χ2n) is 4.89. The van der Waals surface area contributed by atoms with Crippen LogP contribution >= 0.6 is 0 Å². The summed E-state index contributed by atoms with van der Waals surface area (Å²) in [6.45, 7) is -0.00898. The normalized spacial score (nSPS) is 22.1. The van der Waals surface area contributed by atoms with E-state index < -0.39 is 6.04 Å². The van der Waals surface area contributed by atoms with Gasteiger partial charge in [0.25, 0.3) is 0 Å². The highest BCUT2D eigenvalue weighted by molar-refractivity contribution is 5.80. The highest BCUT2D eigenvalue weighted by Crippen LogP contribution is 2.30. The lowest BCUT2D eigenvalue weighted by atomic mass is 9.98. The van der Waals surface area contributed by atoms with E-state index >= 15 is 0 Å². The van der Waals surface area contributed by atoms with Crippen molar-refractivity contribution in [3.05, 3.63) is 40.4 Å². The minimum atomic E-state index is -0.555. The van der Waals surface area contributed by atoms with Crippen molar-refractivity contribution in [2.45, 2.75) is 31.7 Å². The maximum Gasteiger partial charge on any atom is 0.216 e. The monoisotopic (exact) mass is 263 g/mol. The molecule has 1 saturated carbocycles. The summed E-state index contributed by atoms with van der Waals surface area (Å²) >= 11 is 0. The van der Waals surface area contributed by atoms with E-state index in [0.29, 0.717) is 12.2 Å². The summed E-state index contributed by atoms with van der Waals surface area (Å²) in [7, 11) is 0. The van der Waals surface area contributed by atoms with Crippen molar-refractivity contribution in [2.75, 3.05) is 6.61 Å². The molecule has 1 fully saturated rings. The molecule has 0 bridgehead atoms. The number of para-hydroxylation sites is 1. The van der Waals surface area contributed by atoms with Gasteiger partial charge in [0.05, 0.1) is 0 Å². The third-order valence-electron chi connectivity index (χ3n) is 3.52. The Morgan fingerprint density at radius 3 is 2.74 bits per heavy atom. The van der Waals surface area contributed by atoms with Gasteiger partial charge in [0.15, 0.2) is 5.78 Å². The van der Waals surface area contributed by atoms with Gasteiger partial charge in [0.2, 0.25) is 6.04 Å². The van der Waals surface area contributed by atoms with Gasteiger partial charge in [-0.2, -0.15) is 0 Å². The molecule has 2 atom stereocenters. The predicted molar refractivity (Wildman–Crippen MR) is 69.7 cm³/mol. The number of carbonyl (C=O) groups is 1. The van der Waals surface area contributed by atoms with Crippen LogP contribution in [0.3, 0.4) is 0 Å². The Kier molecular flexibility index (Phi) is 4.49. The van der Waals surface area contributed by atoms with Crippen molar-refractivity contribution in [1.29, 1.82) is 0 Å². The molecule has 0 aromatic heterocycles. The van der Waals surface area contributed by atoms with Crippen molar-refractivity contribution >= 4 is 5.78 Å². The molecular formula is C14H17NO4. The molecule has 19 heavy (non-hydrogen) atoms. The first-order chi connectivity index (χ1) is 9.16. The summed E-state index contributed by atoms with van der Waals surface area (Å²) in [6, 6.07) is 8.54. The van der Waals surface area contributed by atoms with E-state index in [0.717, 1.165) is 12.8 Å². The molecule has 0 aliphatic heterocycles. The van der Waals surface area contributed by atoms with Gasteiger partial charge >= 0.3 is 0 Å². The Hall–Kier alpha value is -1.91. The first-order valence-corrected chi connectivity index (χ1v) is 6.50. The molecule has 0 heterocycles. The molecule has 1 aliphatic rings. The number of nitrogens with zero attached hydrogens (tertiary/aromatic N) is 1. The number of Topliss-reactive ketones (excluding diaryl/α,β-unsaturated/α-hetero) is 1. The first kappa shape index (κ1) is 13.5. The van der Waals surface area contributed by atoms with Gasteiger partial charge in [0.1, 0.15) is 12.4 Å². The molecule has 0 amide bonds. The zero-order valence-electron chi connectivity index (χ0n) is 10.7. The topological polar surface area (TPSA) is 69.4 Å². The molecule has 0 saturated heterocycles. The largest absolute Gasteiger partial charge is 0.486 e. The summed E-state index contributed by atoms with van der Waals surface area (Å²) in [5.74, 6) is 0.456. The van der Waals surface area contributed by atoms with E-state index in [1.54, 1.807) is 12.1 Å². The molecule has 0 N–H and O–H groups in total. The van der Waals surface area contributed by atoms with Crippen molar-refractivity contribution in [3.8, 4) is 5.75 Å². The van der Waals surface area contributed by atoms with Crippen LogP contribution in [0, 0.1) is 16.0 Å². The molecule has 1 aromatic carbocycles. The molecule has 0 spiro atoms. The number of ether oxygens (including phenoxy) is 1. The van der Waals surface area contributed by atoms with E-state index in [1.807, 2.05) is 18.2 Å². The number of hydrogen-bond donors (Lipinski definition) is 0.